The summed E-state index contributed by atoms with van der Waals surface area (Å²) in [5.74, 6) is -0.433. The Bertz CT molecular complexity index is 257. The summed E-state index contributed by atoms with van der Waals surface area (Å²) in [7, 11) is 0. The first-order chi connectivity index (χ1) is 5.24. The topological polar surface area (TPSA) is 56.0 Å². The van der Waals surface area contributed by atoms with Crippen molar-refractivity contribution in [3.05, 3.63) is 16.1 Å². The molecule has 0 saturated carbocycles. The number of hydrogen-bond acceptors (Lipinski definition) is 3. The second-order valence-electron chi connectivity index (χ2n) is 2.26. The molecular weight excluding hydrogens is 160 g/mol. The van der Waals surface area contributed by atoms with Gasteiger partial charge in [0.1, 0.15) is 0 Å². The maximum absolute atomic E-state index is 10.6. The van der Waals surface area contributed by atoms with Crippen LogP contribution in [0, 0.1) is 0 Å². The van der Waals surface area contributed by atoms with Gasteiger partial charge in [0.2, 0.25) is 0 Å². The summed E-state index contributed by atoms with van der Waals surface area (Å²) in [6.45, 7) is 2.07. The Labute approximate surface area is 69.3 Å². The van der Waals surface area contributed by atoms with Crippen LogP contribution in [-0.2, 0) is 6.42 Å². The number of nitrogens with two attached hydrogens (primary N) is 1. The molecule has 0 atom stereocenters. The van der Waals surface area contributed by atoms with Crippen LogP contribution in [0.5, 0.6) is 0 Å². The molecule has 1 amide bonds. The summed E-state index contributed by atoms with van der Waals surface area (Å²) in [5, 5.41) is 2.29. The third-order valence-corrected chi connectivity index (χ3v) is 2.17. The number of carbonyl (C=O) groups excluding carboxylic acids is 1. The number of aryl methyl sites for hydroxylation is 1. The zero-order chi connectivity index (χ0) is 8.27. The number of primary amides is 1. The lowest BCUT2D eigenvalue weighted by atomic mass is 10.3. The Morgan fingerprint density at radius 2 is 2.55 bits per heavy atom. The number of amides is 1. The molecule has 1 heterocycles. The minimum atomic E-state index is -0.433. The van der Waals surface area contributed by atoms with Gasteiger partial charge in [0.25, 0.3) is 5.91 Å². The number of carbonyl (C=O) groups is 1. The number of aromatic nitrogens is 1. The molecule has 3 nitrogen and oxygen atoms in total. The van der Waals surface area contributed by atoms with Crippen LogP contribution in [0.4, 0.5) is 0 Å². The van der Waals surface area contributed by atoms with Gasteiger partial charge in [-0.15, -0.1) is 11.3 Å². The molecular formula is C7H10N2OS. The zero-order valence-corrected chi connectivity index (χ0v) is 7.15. The van der Waals surface area contributed by atoms with Crippen molar-refractivity contribution < 1.29 is 4.79 Å². The minimum absolute atomic E-state index is 0.411. The number of rotatable bonds is 3. The summed E-state index contributed by atoms with van der Waals surface area (Å²) in [6, 6.07) is 0. The van der Waals surface area contributed by atoms with Gasteiger partial charge in [-0.1, -0.05) is 13.3 Å². The summed E-state index contributed by atoms with van der Waals surface area (Å²) in [6.07, 6.45) is 1.96. The first-order valence-corrected chi connectivity index (χ1v) is 4.36. The third kappa shape index (κ3) is 2.01. The predicted octanol–water partition coefficient (Wildman–Crippen LogP) is 1.19. The maximum atomic E-state index is 10.6. The Morgan fingerprint density at radius 1 is 1.82 bits per heavy atom. The van der Waals surface area contributed by atoms with Gasteiger partial charge >= 0.3 is 0 Å². The lowest BCUT2D eigenvalue weighted by Crippen LogP contribution is -2.10. The van der Waals surface area contributed by atoms with Gasteiger partial charge < -0.3 is 5.73 Å². The number of nitrogens with zero attached hydrogens (tertiary/aromatic N) is 1. The Morgan fingerprint density at radius 3 is 3.00 bits per heavy atom. The van der Waals surface area contributed by atoms with E-state index in [1.807, 2.05) is 5.38 Å². The second-order valence-corrected chi connectivity index (χ2v) is 3.12. The lowest BCUT2D eigenvalue weighted by molar-refractivity contribution is 0.1000. The SMILES string of the molecule is CCCc1csc(C(N)=O)n1. The molecule has 1 aromatic heterocycles. The summed E-state index contributed by atoms with van der Waals surface area (Å²) in [4.78, 5) is 14.6. The Kier molecular flexibility index (Phi) is 2.59. The molecule has 0 aromatic carbocycles. The van der Waals surface area contributed by atoms with Gasteiger partial charge in [0.05, 0.1) is 5.69 Å². The normalized spacial score (nSPS) is 9.91. The van der Waals surface area contributed by atoms with Gasteiger partial charge in [-0.3, -0.25) is 4.79 Å². The molecule has 1 rings (SSSR count). The van der Waals surface area contributed by atoms with E-state index in [1.165, 1.54) is 11.3 Å². The quantitative estimate of drug-likeness (QED) is 0.740. The van der Waals surface area contributed by atoms with Crippen LogP contribution in [0.15, 0.2) is 5.38 Å². The van der Waals surface area contributed by atoms with E-state index in [0.29, 0.717) is 5.01 Å². The Balaban J connectivity index is 2.73. The molecule has 11 heavy (non-hydrogen) atoms. The van der Waals surface area contributed by atoms with Crippen molar-refractivity contribution in [3.8, 4) is 0 Å². The molecule has 4 heteroatoms. The molecule has 0 bridgehead atoms. The van der Waals surface area contributed by atoms with E-state index in [2.05, 4.69) is 11.9 Å². The van der Waals surface area contributed by atoms with Crippen LogP contribution in [0.3, 0.4) is 0 Å². The fourth-order valence-electron chi connectivity index (χ4n) is 0.791. The van der Waals surface area contributed by atoms with Crippen molar-refractivity contribution in [2.75, 3.05) is 0 Å². The van der Waals surface area contributed by atoms with Crippen molar-refractivity contribution in [1.82, 2.24) is 4.98 Å². The molecule has 2 N–H and O–H groups in total. The molecule has 0 saturated heterocycles. The van der Waals surface area contributed by atoms with E-state index in [9.17, 15) is 4.79 Å². The fourth-order valence-corrected chi connectivity index (χ4v) is 1.50. The maximum Gasteiger partial charge on any atom is 0.277 e. The molecule has 60 valence electrons. The molecule has 0 unspecified atom stereocenters. The first kappa shape index (κ1) is 8.20. The Hall–Kier alpha value is -0.900. The van der Waals surface area contributed by atoms with Crippen molar-refractivity contribution >= 4 is 17.2 Å². The van der Waals surface area contributed by atoms with Gasteiger partial charge in [0.15, 0.2) is 5.01 Å². The van der Waals surface area contributed by atoms with Crippen LogP contribution in [0.1, 0.15) is 28.8 Å². The lowest BCUT2D eigenvalue weighted by Gasteiger charge is -1.87. The standard InChI is InChI=1S/C7H10N2OS/c1-2-3-5-4-11-7(9-5)6(8)10/h4H,2-3H2,1H3,(H2,8,10). The van der Waals surface area contributed by atoms with Gasteiger partial charge in [-0.05, 0) is 6.42 Å². The number of hydrogen-bond donors (Lipinski definition) is 1. The largest absolute Gasteiger partial charge is 0.364 e. The third-order valence-electron chi connectivity index (χ3n) is 1.27. The van der Waals surface area contributed by atoms with Crippen molar-refractivity contribution in [1.29, 1.82) is 0 Å². The average Bonchev–Trinajstić information content (AvgIpc) is 2.37. The van der Waals surface area contributed by atoms with E-state index in [1.54, 1.807) is 0 Å². The summed E-state index contributed by atoms with van der Waals surface area (Å²) in [5.41, 5.74) is 6.00. The van der Waals surface area contributed by atoms with E-state index in [4.69, 9.17) is 5.73 Å². The molecule has 0 aliphatic carbocycles. The molecule has 1 aromatic rings. The minimum Gasteiger partial charge on any atom is -0.364 e. The van der Waals surface area contributed by atoms with Crippen LogP contribution in [0.25, 0.3) is 0 Å². The van der Waals surface area contributed by atoms with Gasteiger partial charge in [-0.25, -0.2) is 4.98 Å². The summed E-state index contributed by atoms with van der Waals surface area (Å²) < 4.78 is 0. The predicted molar refractivity (Wildman–Crippen MR) is 44.6 cm³/mol. The zero-order valence-electron chi connectivity index (χ0n) is 6.33. The number of thiazole rings is 1. The summed E-state index contributed by atoms with van der Waals surface area (Å²) >= 11 is 1.31. The van der Waals surface area contributed by atoms with Crippen molar-refractivity contribution in [2.45, 2.75) is 19.8 Å². The van der Waals surface area contributed by atoms with Crippen LogP contribution in [0.2, 0.25) is 0 Å². The molecule has 0 aliphatic heterocycles. The molecule has 0 radical (unpaired) electrons. The smallest absolute Gasteiger partial charge is 0.277 e. The van der Waals surface area contributed by atoms with Crippen LogP contribution < -0.4 is 5.73 Å². The molecule has 0 spiro atoms. The highest BCUT2D eigenvalue weighted by Gasteiger charge is 2.05. The highest BCUT2D eigenvalue weighted by Crippen LogP contribution is 2.09. The fraction of sp³-hybridized carbons (Fsp3) is 0.429. The highest BCUT2D eigenvalue weighted by atomic mass is 32.1. The monoisotopic (exact) mass is 170 g/mol. The van der Waals surface area contributed by atoms with E-state index < -0.39 is 5.91 Å². The van der Waals surface area contributed by atoms with Gasteiger partial charge in [-0.2, -0.15) is 0 Å². The van der Waals surface area contributed by atoms with E-state index in [-0.39, 0.29) is 0 Å². The highest BCUT2D eigenvalue weighted by molar-refractivity contribution is 7.11. The van der Waals surface area contributed by atoms with E-state index >= 15 is 0 Å². The van der Waals surface area contributed by atoms with Crippen LogP contribution >= 0.6 is 11.3 Å². The van der Waals surface area contributed by atoms with Gasteiger partial charge in [0, 0.05) is 5.38 Å². The van der Waals surface area contributed by atoms with E-state index in [0.717, 1.165) is 18.5 Å². The first-order valence-electron chi connectivity index (χ1n) is 3.48. The molecule has 0 aliphatic rings. The molecule has 0 fully saturated rings. The van der Waals surface area contributed by atoms with Crippen molar-refractivity contribution in [2.24, 2.45) is 5.73 Å². The average molecular weight is 170 g/mol. The van der Waals surface area contributed by atoms with Crippen LogP contribution in [-0.4, -0.2) is 10.9 Å². The van der Waals surface area contributed by atoms with Crippen molar-refractivity contribution in [3.63, 3.8) is 0 Å². The second kappa shape index (κ2) is 3.48.